The van der Waals surface area contributed by atoms with E-state index in [1.165, 1.54) is 0 Å². The zero-order chi connectivity index (χ0) is 12.0. The first kappa shape index (κ1) is 12.6. The van der Waals surface area contributed by atoms with Gasteiger partial charge in [-0.1, -0.05) is 17.8 Å². The van der Waals surface area contributed by atoms with E-state index in [0.29, 0.717) is 11.3 Å². The van der Waals surface area contributed by atoms with Crippen LogP contribution in [-0.2, 0) is 6.42 Å². The van der Waals surface area contributed by atoms with E-state index in [1.807, 2.05) is 13.0 Å². The van der Waals surface area contributed by atoms with Gasteiger partial charge in [-0.2, -0.15) is 5.26 Å². The summed E-state index contributed by atoms with van der Waals surface area (Å²) in [5, 5.41) is 15.2. The summed E-state index contributed by atoms with van der Waals surface area (Å²) in [7, 11) is 0. The lowest BCUT2D eigenvalue weighted by Crippen LogP contribution is -2.32. The number of hydrogen-bond donors (Lipinski definition) is 1. The number of hydrogen-bond acceptors (Lipinski definition) is 5. The van der Waals surface area contributed by atoms with E-state index in [4.69, 9.17) is 5.26 Å². The van der Waals surface area contributed by atoms with Gasteiger partial charge >= 0.3 is 0 Å². The van der Waals surface area contributed by atoms with E-state index in [2.05, 4.69) is 14.9 Å². The van der Waals surface area contributed by atoms with Gasteiger partial charge in [-0.05, 0) is 24.9 Å². The highest BCUT2D eigenvalue weighted by molar-refractivity contribution is 7.08. The minimum Gasteiger partial charge on any atom is -0.348 e. The van der Waals surface area contributed by atoms with Crippen molar-refractivity contribution in [3.05, 3.63) is 10.6 Å². The average molecular weight is 238 g/mol. The molecule has 0 fully saturated rings. The smallest absolute Gasteiger partial charge is 0.265 e. The number of carbonyl (C=O) groups is 1. The van der Waals surface area contributed by atoms with Crippen LogP contribution >= 0.6 is 11.5 Å². The molecule has 1 N–H and O–H groups in total. The number of nitriles is 1. The third kappa shape index (κ3) is 3.28. The summed E-state index contributed by atoms with van der Waals surface area (Å²) in [6.45, 7) is 3.83. The van der Waals surface area contributed by atoms with Gasteiger partial charge in [-0.3, -0.25) is 4.79 Å². The molecule has 1 heterocycles. The normalized spacial score (nSPS) is 11.8. The molecule has 0 saturated carbocycles. The molecule has 0 radical (unpaired) electrons. The van der Waals surface area contributed by atoms with Gasteiger partial charge < -0.3 is 5.32 Å². The molecular formula is C10H14N4OS. The molecule has 5 nitrogen and oxygen atoms in total. The highest BCUT2D eigenvalue weighted by Gasteiger charge is 2.17. The molecule has 6 heteroatoms. The largest absolute Gasteiger partial charge is 0.348 e. The second kappa shape index (κ2) is 6.18. The molecule has 86 valence electrons. The molecule has 1 rings (SSSR count). The van der Waals surface area contributed by atoms with Crippen LogP contribution in [0.5, 0.6) is 0 Å². The first-order valence-electron chi connectivity index (χ1n) is 5.18. The maximum Gasteiger partial charge on any atom is 0.265 e. The summed E-state index contributed by atoms with van der Waals surface area (Å²) in [5.41, 5.74) is 0.745. The molecule has 0 aromatic carbocycles. The summed E-state index contributed by atoms with van der Waals surface area (Å²) < 4.78 is 3.78. The van der Waals surface area contributed by atoms with Crippen molar-refractivity contribution >= 4 is 17.4 Å². The summed E-state index contributed by atoms with van der Waals surface area (Å²) >= 11 is 1.10. The van der Waals surface area contributed by atoms with Crippen LogP contribution in [0.1, 0.15) is 42.1 Å². The number of amides is 1. The SMILES string of the molecule is CCCc1nnsc1C(=O)NC(C)CC#N. The van der Waals surface area contributed by atoms with Crippen molar-refractivity contribution in [1.82, 2.24) is 14.9 Å². The van der Waals surface area contributed by atoms with Gasteiger partial charge in [0.15, 0.2) is 0 Å². The van der Waals surface area contributed by atoms with Crippen molar-refractivity contribution in [3.63, 3.8) is 0 Å². The van der Waals surface area contributed by atoms with Crippen LogP contribution in [-0.4, -0.2) is 21.5 Å². The third-order valence-electron chi connectivity index (χ3n) is 2.02. The van der Waals surface area contributed by atoms with E-state index in [9.17, 15) is 4.79 Å². The van der Waals surface area contributed by atoms with E-state index in [-0.39, 0.29) is 11.9 Å². The zero-order valence-electron chi connectivity index (χ0n) is 9.36. The van der Waals surface area contributed by atoms with Gasteiger partial charge in [-0.25, -0.2) is 0 Å². The van der Waals surface area contributed by atoms with Crippen molar-refractivity contribution in [2.45, 2.75) is 39.2 Å². The minimum atomic E-state index is -0.179. The van der Waals surface area contributed by atoms with E-state index < -0.39 is 0 Å². The number of nitrogens with zero attached hydrogens (tertiary/aromatic N) is 3. The first-order chi connectivity index (χ1) is 7.69. The molecule has 1 amide bonds. The molecule has 0 spiro atoms. The predicted octanol–water partition coefficient (Wildman–Crippen LogP) is 1.52. The van der Waals surface area contributed by atoms with E-state index >= 15 is 0 Å². The number of aryl methyl sites for hydroxylation is 1. The van der Waals surface area contributed by atoms with Crippen molar-refractivity contribution in [1.29, 1.82) is 5.26 Å². The monoisotopic (exact) mass is 238 g/mol. The van der Waals surface area contributed by atoms with Crippen molar-refractivity contribution < 1.29 is 4.79 Å². The maximum absolute atomic E-state index is 11.8. The van der Waals surface area contributed by atoms with Crippen LogP contribution < -0.4 is 5.32 Å². The zero-order valence-corrected chi connectivity index (χ0v) is 10.2. The fraction of sp³-hybridized carbons (Fsp3) is 0.600. The predicted molar refractivity (Wildman–Crippen MR) is 61.1 cm³/mol. The summed E-state index contributed by atoms with van der Waals surface area (Å²) in [4.78, 5) is 12.4. The highest BCUT2D eigenvalue weighted by atomic mass is 32.1. The standard InChI is InChI=1S/C10H14N4OS/c1-3-4-8-9(16-14-13-8)10(15)12-7(2)5-6-11/h7H,3-5H2,1-2H3,(H,12,15). The lowest BCUT2D eigenvalue weighted by molar-refractivity contribution is 0.0944. The topological polar surface area (TPSA) is 78.7 Å². The number of carbonyl (C=O) groups excluding carboxylic acids is 1. The second-order valence-corrected chi connectivity index (χ2v) is 4.29. The Labute approximate surface area is 98.6 Å². The van der Waals surface area contributed by atoms with Crippen molar-refractivity contribution in [2.24, 2.45) is 0 Å². The lowest BCUT2D eigenvalue weighted by Gasteiger charge is -2.09. The van der Waals surface area contributed by atoms with Gasteiger partial charge in [0.1, 0.15) is 4.88 Å². The Morgan fingerprint density at radius 3 is 3.06 bits per heavy atom. The molecule has 16 heavy (non-hydrogen) atoms. The third-order valence-corrected chi connectivity index (χ3v) is 2.79. The molecule has 0 bridgehead atoms. The van der Waals surface area contributed by atoms with Crippen LogP contribution in [0.4, 0.5) is 0 Å². The molecule has 0 saturated heterocycles. The number of nitrogens with one attached hydrogen (secondary N) is 1. The highest BCUT2D eigenvalue weighted by Crippen LogP contribution is 2.12. The Morgan fingerprint density at radius 2 is 2.44 bits per heavy atom. The fourth-order valence-electron chi connectivity index (χ4n) is 1.26. The van der Waals surface area contributed by atoms with Crippen LogP contribution in [0.25, 0.3) is 0 Å². The Balaban J connectivity index is 2.66. The molecule has 1 atom stereocenters. The van der Waals surface area contributed by atoms with Crippen LogP contribution in [0.3, 0.4) is 0 Å². The number of rotatable bonds is 5. The van der Waals surface area contributed by atoms with E-state index in [1.54, 1.807) is 6.92 Å². The first-order valence-corrected chi connectivity index (χ1v) is 5.95. The number of aromatic nitrogens is 2. The van der Waals surface area contributed by atoms with Gasteiger partial charge in [0, 0.05) is 6.04 Å². The van der Waals surface area contributed by atoms with Crippen LogP contribution in [0.15, 0.2) is 0 Å². The summed E-state index contributed by atoms with van der Waals surface area (Å²) in [5.74, 6) is -0.179. The Morgan fingerprint density at radius 1 is 1.69 bits per heavy atom. The minimum absolute atomic E-state index is 0.144. The van der Waals surface area contributed by atoms with Crippen LogP contribution in [0.2, 0.25) is 0 Å². The van der Waals surface area contributed by atoms with Crippen molar-refractivity contribution in [3.8, 4) is 6.07 Å². The van der Waals surface area contributed by atoms with Gasteiger partial charge in [-0.15, -0.1) is 5.10 Å². The lowest BCUT2D eigenvalue weighted by atomic mass is 10.2. The molecule has 1 aromatic heterocycles. The summed E-state index contributed by atoms with van der Waals surface area (Å²) in [6.07, 6.45) is 1.99. The molecular weight excluding hydrogens is 224 g/mol. The molecule has 1 aromatic rings. The molecule has 0 aliphatic heterocycles. The van der Waals surface area contributed by atoms with Gasteiger partial charge in [0.2, 0.25) is 0 Å². The fourth-order valence-corrected chi connectivity index (χ4v) is 1.87. The van der Waals surface area contributed by atoms with E-state index in [0.717, 1.165) is 30.1 Å². The summed E-state index contributed by atoms with van der Waals surface area (Å²) in [6, 6.07) is 1.87. The quantitative estimate of drug-likeness (QED) is 0.843. The van der Waals surface area contributed by atoms with Gasteiger partial charge in [0.25, 0.3) is 5.91 Å². The Bertz CT molecular complexity index is 396. The Kier molecular flexibility index (Phi) is 4.86. The van der Waals surface area contributed by atoms with Crippen LogP contribution in [0, 0.1) is 11.3 Å². The molecule has 0 aliphatic carbocycles. The maximum atomic E-state index is 11.8. The average Bonchev–Trinajstić information content (AvgIpc) is 2.66. The molecule has 0 aliphatic rings. The Hall–Kier alpha value is -1.48. The second-order valence-electron chi connectivity index (χ2n) is 3.54. The molecule has 1 unspecified atom stereocenters. The van der Waals surface area contributed by atoms with Gasteiger partial charge in [0.05, 0.1) is 18.2 Å². The van der Waals surface area contributed by atoms with Crippen molar-refractivity contribution in [2.75, 3.05) is 0 Å².